The van der Waals surface area contributed by atoms with Gasteiger partial charge < -0.3 is 8.85 Å². The van der Waals surface area contributed by atoms with Crippen molar-refractivity contribution < 1.29 is 8.85 Å². The zero-order valence-corrected chi connectivity index (χ0v) is 30.7. The zero-order valence-electron chi connectivity index (χ0n) is 26.5. The van der Waals surface area contributed by atoms with Gasteiger partial charge in [0.05, 0.1) is 17.8 Å². The van der Waals surface area contributed by atoms with E-state index in [-0.39, 0.29) is 10.1 Å². The molecule has 6 nitrogen and oxygen atoms in total. The van der Waals surface area contributed by atoms with E-state index in [4.69, 9.17) is 18.9 Å². The lowest BCUT2D eigenvalue weighted by Gasteiger charge is -2.39. The topological polar surface area (TPSA) is 62.1 Å². The van der Waals surface area contributed by atoms with E-state index >= 15 is 0 Å². The molecule has 220 valence electrons. The van der Waals surface area contributed by atoms with Gasteiger partial charge >= 0.3 is 0 Å². The molecule has 2 aromatic carbocycles. The van der Waals surface area contributed by atoms with E-state index in [9.17, 15) is 0 Å². The predicted molar refractivity (Wildman–Crippen MR) is 184 cm³/mol. The molecule has 2 aromatic heterocycles. The Hall–Kier alpha value is -2.25. The molecule has 0 fully saturated rings. The van der Waals surface area contributed by atoms with E-state index < -0.39 is 16.6 Å². The third kappa shape index (κ3) is 6.72. The maximum Gasteiger partial charge on any atom is 0.250 e. The van der Waals surface area contributed by atoms with E-state index in [1.165, 1.54) is 0 Å². The molecule has 41 heavy (non-hydrogen) atoms. The Bertz CT molecular complexity index is 1550. The third-order valence-corrected chi connectivity index (χ3v) is 18.5. The Balaban J connectivity index is 1.80. The van der Waals surface area contributed by atoms with Crippen LogP contribution in [0.1, 0.15) is 59.7 Å². The first-order valence-corrected chi connectivity index (χ1v) is 21.3. The molecule has 0 radical (unpaired) electrons. The maximum absolute atomic E-state index is 7.00. The van der Waals surface area contributed by atoms with Gasteiger partial charge in [-0.1, -0.05) is 77.9 Å². The molecule has 0 aliphatic carbocycles. The van der Waals surface area contributed by atoms with Crippen LogP contribution >= 0.6 is 22.6 Å². The summed E-state index contributed by atoms with van der Waals surface area (Å²) in [7, 11) is -4.23. The fraction of sp³-hybridized carbons (Fsp3) is 0.469. The molecular formula is C32H45IN4O2Si2. The van der Waals surface area contributed by atoms with Gasteiger partial charge in [0, 0.05) is 17.0 Å². The minimum absolute atomic E-state index is 0.0423. The summed E-state index contributed by atoms with van der Waals surface area (Å²) in [4.78, 5) is 4.86. The standard InChI is InChI=1S/C32H45IN4O2Si2/c1-12-22-19-25(28(39-41(10,11)32(5,6)7)20-27(22)38-40(8,9)31(2,3)4)29-30(33)37(36-35-29)21-24-18-17-23-15-13-14-16-26(23)34-24/h13-20H,12,21H2,1-11H3. The van der Waals surface area contributed by atoms with Crippen molar-refractivity contribution in [2.45, 2.75) is 97.7 Å². The Morgan fingerprint density at radius 2 is 1.44 bits per heavy atom. The Morgan fingerprint density at radius 1 is 0.829 bits per heavy atom. The van der Waals surface area contributed by atoms with Crippen molar-refractivity contribution in [1.82, 2.24) is 20.0 Å². The Labute approximate surface area is 261 Å². The molecule has 0 spiro atoms. The highest BCUT2D eigenvalue weighted by Gasteiger charge is 2.41. The molecule has 0 saturated heterocycles. The molecule has 0 N–H and O–H groups in total. The summed E-state index contributed by atoms with van der Waals surface area (Å²) in [5.74, 6) is 1.76. The van der Waals surface area contributed by atoms with Crippen molar-refractivity contribution >= 4 is 50.1 Å². The van der Waals surface area contributed by atoms with Gasteiger partial charge in [0.25, 0.3) is 8.32 Å². The van der Waals surface area contributed by atoms with Crippen molar-refractivity contribution in [3.05, 3.63) is 63.5 Å². The molecule has 4 aromatic rings. The van der Waals surface area contributed by atoms with Crippen molar-refractivity contribution in [3.8, 4) is 22.8 Å². The van der Waals surface area contributed by atoms with Gasteiger partial charge in [-0.15, -0.1) is 5.10 Å². The highest BCUT2D eigenvalue weighted by atomic mass is 127. The summed E-state index contributed by atoms with van der Waals surface area (Å²) >= 11 is 2.36. The SMILES string of the molecule is CCc1cc(-c2nnn(Cc3ccc4ccccc4n3)c2I)c(O[Si](C)(C)C(C)(C)C)cc1O[Si](C)(C)C(C)(C)C. The largest absolute Gasteiger partial charge is 0.543 e. The first-order chi connectivity index (χ1) is 18.9. The lowest BCUT2D eigenvalue weighted by molar-refractivity contribution is 0.472. The number of halogens is 1. The predicted octanol–water partition coefficient (Wildman–Crippen LogP) is 9.48. The molecule has 9 heteroatoms. The van der Waals surface area contributed by atoms with E-state index in [0.29, 0.717) is 6.54 Å². The lowest BCUT2D eigenvalue weighted by Crippen LogP contribution is -2.44. The number of aromatic nitrogens is 4. The number of rotatable bonds is 8. The second-order valence-electron chi connectivity index (χ2n) is 13.9. The van der Waals surface area contributed by atoms with E-state index in [1.807, 2.05) is 22.9 Å². The van der Waals surface area contributed by atoms with Crippen LogP contribution in [0.2, 0.25) is 36.3 Å². The number of hydrogen-bond acceptors (Lipinski definition) is 5. The number of hydrogen-bond donors (Lipinski definition) is 0. The van der Waals surface area contributed by atoms with E-state index in [1.54, 1.807) is 0 Å². The van der Waals surface area contributed by atoms with E-state index in [0.717, 1.165) is 55.0 Å². The van der Waals surface area contributed by atoms with Gasteiger partial charge in [-0.2, -0.15) is 0 Å². The molecule has 0 atom stereocenters. The number of nitrogens with zero attached hydrogens (tertiary/aromatic N) is 4. The monoisotopic (exact) mass is 700 g/mol. The quantitative estimate of drug-likeness (QED) is 0.135. The first kappa shape index (κ1) is 31.7. The maximum atomic E-state index is 7.00. The molecule has 0 unspecified atom stereocenters. The average molecular weight is 701 g/mol. The van der Waals surface area contributed by atoms with Crippen LogP contribution in [0, 0.1) is 3.70 Å². The Morgan fingerprint density at radius 3 is 2.05 bits per heavy atom. The minimum atomic E-state index is -2.17. The van der Waals surface area contributed by atoms with Crippen molar-refractivity contribution in [3.63, 3.8) is 0 Å². The van der Waals surface area contributed by atoms with Crippen LogP contribution in [0.25, 0.3) is 22.2 Å². The summed E-state index contributed by atoms with van der Waals surface area (Å²) in [5.41, 5.74) is 4.89. The van der Waals surface area contributed by atoms with Crippen LogP contribution < -0.4 is 8.85 Å². The molecule has 2 heterocycles. The second kappa shape index (κ2) is 11.4. The van der Waals surface area contributed by atoms with Crippen LogP contribution in [-0.2, 0) is 13.0 Å². The second-order valence-corrected chi connectivity index (χ2v) is 24.4. The fourth-order valence-corrected chi connectivity index (χ4v) is 6.76. The number of pyridine rings is 1. The minimum Gasteiger partial charge on any atom is -0.543 e. The molecule has 0 amide bonds. The summed E-state index contributed by atoms with van der Waals surface area (Å²) in [6.07, 6.45) is 0.850. The highest BCUT2D eigenvalue weighted by Crippen LogP contribution is 2.45. The summed E-state index contributed by atoms with van der Waals surface area (Å²) in [5, 5.41) is 10.5. The smallest absolute Gasteiger partial charge is 0.250 e. The normalized spacial score (nSPS) is 13.1. The van der Waals surface area contributed by atoms with Gasteiger partial charge in [0.15, 0.2) is 0 Å². The zero-order chi connectivity index (χ0) is 30.4. The van der Waals surface area contributed by atoms with Gasteiger partial charge in [0.2, 0.25) is 8.32 Å². The van der Waals surface area contributed by atoms with Crippen molar-refractivity contribution in [1.29, 1.82) is 0 Å². The van der Waals surface area contributed by atoms with Crippen LogP contribution in [-0.4, -0.2) is 36.6 Å². The van der Waals surface area contributed by atoms with Gasteiger partial charge in [-0.05, 0) is 89.0 Å². The number of aryl methyl sites for hydroxylation is 1. The summed E-state index contributed by atoms with van der Waals surface area (Å²) < 4.78 is 16.8. The van der Waals surface area contributed by atoms with Crippen molar-refractivity contribution in [2.75, 3.05) is 0 Å². The van der Waals surface area contributed by atoms with Gasteiger partial charge in [0.1, 0.15) is 20.9 Å². The molecular weight excluding hydrogens is 655 g/mol. The summed E-state index contributed by atoms with van der Waals surface area (Å²) in [6.45, 7) is 25.5. The molecule has 4 rings (SSSR count). The lowest BCUT2D eigenvalue weighted by atomic mass is 10.0. The Kier molecular flexibility index (Phi) is 8.84. The molecule has 0 bridgehead atoms. The first-order valence-electron chi connectivity index (χ1n) is 14.4. The fourth-order valence-electron chi connectivity index (χ4n) is 4.02. The van der Waals surface area contributed by atoms with Crippen LogP contribution in [0.5, 0.6) is 11.5 Å². The number of benzene rings is 2. The number of fused-ring (bicyclic) bond motifs is 1. The summed E-state index contributed by atoms with van der Waals surface area (Å²) in [6, 6.07) is 16.7. The number of para-hydroxylation sites is 1. The van der Waals surface area contributed by atoms with Gasteiger partial charge in [-0.3, -0.25) is 4.98 Å². The van der Waals surface area contributed by atoms with Crippen LogP contribution in [0.4, 0.5) is 0 Å². The third-order valence-electron chi connectivity index (χ3n) is 8.78. The van der Waals surface area contributed by atoms with Crippen molar-refractivity contribution in [2.24, 2.45) is 0 Å². The highest BCUT2D eigenvalue weighted by molar-refractivity contribution is 14.1. The van der Waals surface area contributed by atoms with Crippen LogP contribution in [0.15, 0.2) is 48.5 Å². The average Bonchev–Trinajstić information content (AvgIpc) is 3.22. The molecule has 0 saturated carbocycles. The van der Waals surface area contributed by atoms with E-state index in [2.05, 4.69) is 133 Å². The van der Waals surface area contributed by atoms with Gasteiger partial charge in [-0.25, -0.2) is 4.68 Å². The molecule has 0 aliphatic heterocycles. The molecule has 0 aliphatic rings. The van der Waals surface area contributed by atoms with Crippen LogP contribution in [0.3, 0.4) is 0 Å².